The van der Waals surface area contributed by atoms with Crippen molar-refractivity contribution in [1.82, 2.24) is 0 Å². The monoisotopic (exact) mass is 211 g/mol. The molecule has 0 atom stereocenters. The Hall–Kier alpha value is -1.65. The first-order valence-electron chi connectivity index (χ1n) is 4.61. The SMILES string of the molecule is O=C1CCN2COc3c(F)c(F)cc1c32. The van der Waals surface area contributed by atoms with E-state index in [9.17, 15) is 13.6 Å². The number of hydrogen-bond acceptors (Lipinski definition) is 3. The fourth-order valence-electron chi connectivity index (χ4n) is 2.01. The lowest BCUT2D eigenvalue weighted by Crippen LogP contribution is -2.30. The third-order valence-corrected chi connectivity index (χ3v) is 2.74. The molecule has 78 valence electrons. The average molecular weight is 211 g/mol. The molecule has 0 unspecified atom stereocenters. The first kappa shape index (κ1) is 8.64. The van der Waals surface area contributed by atoms with Crippen LogP contribution in [0, 0.1) is 11.6 Å². The predicted molar refractivity (Wildman–Crippen MR) is 48.1 cm³/mol. The molecule has 15 heavy (non-hydrogen) atoms. The second-order valence-electron chi connectivity index (χ2n) is 3.61. The van der Waals surface area contributed by atoms with Crippen molar-refractivity contribution in [3.63, 3.8) is 0 Å². The van der Waals surface area contributed by atoms with Gasteiger partial charge in [0, 0.05) is 18.5 Å². The number of ether oxygens (including phenoxy) is 1. The van der Waals surface area contributed by atoms with Crippen molar-refractivity contribution < 1.29 is 18.3 Å². The zero-order valence-electron chi connectivity index (χ0n) is 7.72. The van der Waals surface area contributed by atoms with Crippen molar-refractivity contribution in [3.05, 3.63) is 23.3 Å². The third-order valence-electron chi connectivity index (χ3n) is 2.74. The number of benzene rings is 1. The minimum Gasteiger partial charge on any atom is -0.468 e. The van der Waals surface area contributed by atoms with Crippen LogP contribution in [-0.4, -0.2) is 19.1 Å². The van der Waals surface area contributed by atoms with E-state index in [4.69, 9.17) is 4.74 Å². The largest absolute Gasteiger partial charge is 0.468 e. The van der Waals surface area contributed by atoms with Gasteiger partial charge in [0.25, 0.3) is 0 Å². The molecule has 2 aliphatic heterocycles. The molecule has 1 aromatic carbocycles. The Balaban J connectivity index is 2.33. The normalized spacial score (nSPS) is 17.7. The minimum absolute atomic E-state index is 0.127. The summed E-state index contributed by atoms with van der Waals surface area (Å²) in [6, 6.07) is 0.956. The summed E-state index contributed by atoms with van der Waals surface area (Å²) < 4.78 is 31.5. The fraction of sp³-hybridized carbons (Fsp3) is 0.300. The molecular formula is C10H7F2NO2. The van der Waals surface area contributed by atoms with Crippen LogP contribution in [0.25, 0.3) is 0 Å². The molecule has 0 aromatic heterocycles. The van der Waals surface area contributed by atoms with Gasteiger partial charge in [-0.15, -0.1) is 0 Å². The molecular weight excluding hydrogens is 204 g/mol. The summed E-state index contributed by atoms with van der Waals surface area (Å²) in [5.41, 5.74) is 0.637. The predicted octanol–water partition coefficient (Wildman–Crippen LogP) is 1.71. The number of anilines is 1. The standard InChI is InChI=1S/C10H7F2NO2/c11-6-3-5-7(14)1-2-13-4-15-10(8(6)12)9(5)13/h3H,1-2,4H2. The minimum atomic E-state index is -1.03. The Bertz CT molecular complexity index is 473. The fourth-order valence-corrected chi connectivity index (χ4v) is 2.01. The van der Waals surface area contributed by atoms with Crippen LogP contribution in [0.2, 0.25) is 0 Å². The molecule has 0 radical (unpaired) electrons. The number of ketones is 1. The second kappa shape index (κ2) is 2.68. The highest BCUT2D eigenvalue weighted by Crippen LogP contribution is 2.43. The highest BCUT2D eigenvalue weighted by atomic mass is 19.2. The first-order valence-corrected chi connectivity index (χ1v) is 4.61. The third kappa shape index (κ3) is 1.00. The highest BCUT2D eigenvalue weighted by molar-refractivity contribution is 6.05. The van der Waals surface area contributed by atoms with Gasteiger partial charge in [0.2, 0.25) is 5.82 Å². The van der Waals surface area contributed by atoms with Gasteiger partial charge in [0.1, 0.15) is 0 Å². The van der Waals surface area contributed by atoms with E-state index in [-0.39, 0.29) is 23.8 Å². The molecule has 0 bridgehead atoms. The van der Waals surface area contributed by atoms with E-state index in [2.05, 4.69) is 0 Å². The number of carbonyl (C=O) groups is 1. The van der Waals surface area contributed by atoms with E-state index in [1.54, 1.807) is 4.90 Å². The van der Waals surface area contributed by atoms with E-state index in [0.717, 1.165) is 6.07 Å². The molecule has 2 aliphatic rings. The maximum absolute atomic E-state index is 13.3. The number of halogens is 2. The molecule has 0 aliphatic carbocycles. The van der Waals surface area contributed by atoms with Crippen molar-refractivity contribution in [3.8, 4) is 5.75 Å². The number of hydrogen-bond donors (Lipinski definition) is 0. The summed E-state index contributed by atoms with van der Waals surface area (Å²) in [6.45, 7) is 0.694. The summed E-state index contributed by atoms with van der Waals surface area (Å²) in [7, 11) is 0. The molecule has 3 nitrogen and oxygen atoms in total. The maximum Gasteiger partial charge on any atom is 0.202 e. The van der Waals surface area contributed by atoms with Crippen molar-refractivity contribution in [1.29, 1.82) is 0 Å². The molecule has 0 saturated carbocycles. The molecule has 5 heteroatoms. The van der Waals surface area contributed by atoms with Crippen LogP contribution in [-0.2, 0) is 0 Å². The summed E-state index contributed by atoms with van der Waals surface area (Å²) in [5, 5.41) is 0. The van der Waals surface area contributed by atoms with Gasteiger partial charge in [-0.05, 0) is 6.07 Å². The van der Waals surface area contributed by atoms with Crippen LogP contribution in [0.5, 0.6) is 5.75 Å². The van der Waals surface area contributed by atoms with Crippen molar-refractivity contribution in [2.75, 3.05) is 18.2 Å². The summed E-state index contributed by atoms with van der Waals surface area (Å²) in [5.74, 6) is -2.32. The number of carbonyl (C=O) groups excluding carboxylic acids is 1. The number of Topliss-reactive ketones (excluding diaryl/α,β-unsaturated/α-hetero) is 1. The molecule has 0 amide bonds. The van der Waals surface area contributed by atoms with E-state index >= 15 is 0 Å². The van der Waals surface area contributed by atoms with Gasteiger partial charge in [-0.3, -0.25) is 4.79 Å². The van der Waals surface area contributed by atoms with Crippen LogP contribution < -0.4 is 9.64 Å². The van der Waals surface area contributed by atoms with Crippen LogP contribution in [0.3, 0.4) is 0 Å². The smallest absolute Gasteiger partial charge is 0.202 e. The summed E-state index contributed by atoms with van der Waals surface area (Å²) in [6.07, 6.45) is 0.320. The molecule has 1 aromatic rings. The molecule has 2 heterocycles. The van der Waals surface area contributed by atoms with Crippen molar-refractivity contribution in [2.45, 2.75) is 6.42 Å². The van der Waals surface area contributed by atoms with Crippen LogP contribution in [0.4, 0.5) is 14.5 Å². The van der Waals surface area contributed by atoms with Gasteiger partial charge >= 0.3 is 0 Å². The van der Waals surface area contributed by atoms with Gasteiger partial charge < -0.3 is 9.64 Å². The lowest BCUT2D eigenvalue weighted by atomic mass is 10.0. The number of nitrogens with zero attached hydrogens (tertiary/aromatic N) is 1. The average Bonchev–Trinajstić information content (AvgIpc) is 2.64. The highest BCUT2D eigenvalue weighted by Gasteiger charge is 2.35. The zero-order chi connectivity index (χ0) is 10.6. The lowest BCUT2D eigenvalue weighted by molar-refractivity contribution is 0.0979. The van der Waals surface area contributed by atoms with Crippen molar-refractivity contribution in [2.24, 2.45) is 0 Å². The number of rotatable bonds is 0. The molecule has 0 N–H and O–H groups in total. The molecule has 0 saturated heterocycles. The zero-order valence-corrected chi connectivity index (χ0v) is 7.72. The Morgan fingerprint density at radius 3 is 3.00 bits per heavy atom. The van der Waals surface area contributed by atoms with Gasteiger partial charge in [-0.25, -0.2) is 4.39 Å². The molecule has 0 fully saturated rings. The van der Waals surface area contributed by atoms with Gasteiger partial charge in [0.05, 0.1) is 5.69 Å². The summed E-state index contributed by atoms with van der Waals surface area (Å²) >= 11 is 0. The van der Waals surface area contributed by atoms with Crippen LogP contribution in [0.1, 0.15) is 16.8 Å². The van der Waals surface area contributed by atoms with Gasteiger partial charge in [-0.1, -0.05) is 0 Å². The summed E-state index contributed by atoms with van der Waals surface area (Å²) in [4.78, 5) is 13.2. The van der Waals surface area contributed by atoms with Gasteiger partial charge in [0.15, 0.2) is 24.1 Å². The Morgan fingerprint density at radius 2 is 2.20 bits per heavy atom. The van der Waals surface area contributed by atoms with E-state index in [1.165, 1.54) is 0 Å². The van der Waals surface area contributed by atoms with E-state index in [0.29, 0.717) is 18.7 Å². The topological polar surface area (TPSA) is 29.5 Å². The van der Waals surface area contributed by atoms with E-state index in [1.807, 2.05) is 0 Å². The van der Waals surface area contributed by atoms with Crippen LogP contribution >= 0.6 is 0 Å². The quantitative estimate of drug-likeness (QED) is 0.654. The van der Waals surface area contributed by atoms with Crippen LogP contribution in [0.15, 0.2) is 6.07 Å². The maximum atomic E-state index is 13.3. The molecule has 0 spiro atoms. The Labute approximate surface area is 84.2 Å². The Morgan fingerprint density at radius 1 is 1.40 bits per heavy atom. The Kier molecular flexibility index (Phi) is 1.55. The lowest BCUT2D eigenvalue weighted by Gasteiger charge is -2.23. The second-order valence-corrected chi connectivity index (χ2v) is 3.61. The van der Waals surface area contributed by atoms with Gasteiger partial charge in [-0.2, -0.15) is 4.39 Å². The van der Waals surface area contributed by atoms with Crippen molar-refractivity contribution >= 4 is 11.5 Å². The molecule has 3 rings (SSSR count). The van der Waals surface area contributed by atoms with E-state index < -0.39 is 11.6 Å². The first-order chi connectivity index (χ1) is 7.18.